The molecule has 4 heteroatoms. The van der Waals surface area contributed by atoms with Gasteiger partial charge in [0.1, 0.15) is 5.69 Å². The molecular formula is C22H18N2OS. The lowest BCUT2D eigenvalue weighted by Crippen LogP contribution is -2.13. The van der Waals surface area contributed by atoms with E-state index >= 15 is 0 Å². The topological polar surface area (TPSA) is 42.0 Å². The smallest absolute Gasteiger partial charge is 0.234 e. The normalized spacial score (nSPS) is 9.88. The van der Waals surface area contributed by atoms with Gasteiger partial charge in [0.15, 0.2) is 0 Å². The van der Waals surface area contributed by atoms with Crippen molar-refractivity contribution in [3.8, 4) is 11.8 Å². The van der Waals surface area contributed by atoms with E-state index in [-0.39, 0.29) is 5.91 Å². The van der Waals surface area contributed by atoms with Crippen LogP contribution in [-0.4, -0.2) is 16.6 Å². The number of hydrogen-bond donors (Lipinski definition) is 1. The van der Waals surface area contributed by atoms with Gasteiger partial charge in [-0.15, -0.1) is 11.8 Å². The van der Waals surface area contributed by atoms with Crippen LogP contribution in [0.15, 0.2) is 77.8 Å². The number of anilines is 1. The van der Waals surface area contributed by atoms with Crippen molar-refractivity contribution in [2.75, 3.05) is 11.1 Å². The molecule has 0 bridgehead atoms. The quantitative estimate of drug-likeness (QED) is 0.551. The summed E-state index contributed by atoms with van der Waals surface area (Å²) in [5.41, 5.74) is 3.51. The van der Waals surface area contributed by atoms with Crippen LogP contribution in [0, 0.1) is 18.8 Å². The SMILES string of the molecule is Cc1ccc(SCC(=O)Nc2cccc(C#Cc3ccccn3)c2)cc1. The first-order valence-electron chi connectivity index (χ1n) is 8.21. The predicted molar refractivity (Wildman–Crippen MR) is 107 cm³/mol. The molecule has 0 saturated heterocycles. The predicted octanol–water partition coefficient (Wildman–Crippen LogP) is 4.52. The second kappa shape index (κ2) is 8.89. The van der Waals surface area contributed by atoms with Gasteiger partial charge in [-0.1, -0.05) is 35.7 Å². The Hall–Kier alpha value is -3.03. The van der Waals surface area contributed by atoms with E-state index in [0.717, 1.165) is 21.8 Å². The molecule has 1 aromatic heterocycles. The van der Waals surface area contributed by atoms with Gasteiger partial charge in [-0.25, -0.2) is 4.98 Å². The minimum atomic E-state index is -0.0367. The lowest BCUT2D eigenvalue weighted by molar-refractivity contribution is -0.113. The van der Waals surface area contributed by atoms with Crippen LogP contribution in [-0.2, 0) is 4.79 Å². The van der Waals surface area contributed by atoms with Crippen LogP contribution < -0.4 is 5.32 Å². The van der Waals surface area contributed by atoms with Gasteiger partial charge in [-0.05, 0) is 55.3 Å². The monoisotopic (exact) mass is 358 g/mol. The number of benzene rings is 2. The van der Waals surface area contributed by atoms with Gasteiger partial charge >= 0.3 is 0 Å². The average molecular weight is 358 g/mol. The number of aryl methyl sites for hydroxylation is 1. The maximum absolute atomic E-state index is 12.2. The molecule has 0 atom stereocenters. The Labute approximate surface area is 157 Å². The number of nitrogens with zero attached hydrogens (tertiary/aromatic N) is 1. The van der Waals surface area contributed by atoms with Crippen molar-refractivity contribution in [2.24, 2.45) is 0 Å². The first-order valence-corrected chi connectivity index (χ1v) is 9.20. The van der Waals surface area contributed by atoms with E-state index in [9.17, 15) is 4.79 Å². The number of thioether (sulfide) groups is 1. The van der Waals surface area contributed by atoms with Gasteiger partial charge in [-0.3, -0.25) is 4.79 Å². The number of hydrogen-bond acceptors (Lipinski definition) is 3. The highest BCUT2D eigenvalue weighted by molar-refractivity contribution is 8.00. The van der Waals surface area contributed by atoms with Gasteiger partial charge in [0.25, 0.3) is 0 Å². The van der Waals surface area contributed by atoms with E-state index in [1.165, 1.54) is 17.3 Å². The highest BCUT2D eigenvalue weighted by atomic mass is 32.2. The van der Waals surface area contributed by atoms with Crippen LogP contribution in [0.1, 0.15) is 16.8 Å². The fourth-order valence-corrected chi connectivity index (χ4v) is 2.93. The first kappa shape index (κ1) is 17.8. The number of amides is 1. The van der Waals surface area contributed by atoms with E-state index < -0.39 is 0 Å². The summed E-state index contributed by atoms with van der Waals surface area (Å²) in [6.45, 7) is 2.05. The largest absolute Gasteiger partial charge is 0.325 e. The molecule has 3 nitrogen and oxygen atoms in total. The third-order valence-corrected chi connectivity index (χ3v) is 4.55. The van der Waals surface area contributed by atoms with E-state index in [0.29, 0.717) is 5.75 Å². The van der Waals surface area contributed by atoms with Crippen molar-refractivity contribution < 1.29 is 4.79 Å². The molecule has 0 spiro atoms. The molecule has 2 aromatic carbocycles. The Morgan fingerprint density at radius 2 is 1.88 bits per heavy atom. The number of rotatable bonds is 4. The minimum Gasteiger partial charge on any atom is -0.325 e. The second-order valence-electron chi connectivity index (χ2n) is 5.70. The molecule has 0 aliphatic heterocycles. The number of carbonyl (C=O) groups excluding carboxylic acids is 1. The Morgan fingerprint density at radius 1 is 1.04 bits per heavy atom. The summed E-state index contributed by atoms with van der Waals surface area (Å²) in [7, 11) is 0. The lowest BCUT2D eigenvalue weighted by atomic mass is 10.2. The Bertz CT molecular complexity index is 941. The molecule has 1 N–H and O–H groups in total. The Balaban J connectivity index is 1.58. The van der Waals surface area contributed by atoms with Gasteiger partial charge in [-0.2, -0.15) is 0 Å². The van der Waals surface area contributed by atoms with Crippen molar-refractivity contribution in [1.29, 1.82) is 0 Å². The fourth-order valence-electron chi connectivity index (χ4n) is 2.23. The first-order chi connectivity index (χ1) is 12.7. The Morgan fingerprint density at radius 3 is 2.65 bits per heavy atom. The minimum absolute atomic E-state index is 0.0367. The standard InChI is InChI=1S/C22H18N2OS/c1-17-8-12-21(13-9-17)26-16-22(25)24-20-7-4-5-18(15-20)10-11-19-6-2-3-14-23-19/h2-9,12-15H,16H2,1H3,(H,24,25). The van der Waals surface area contributed by atoms with Crippen LogP contribution in [0.4, 0.5) is 5.69 Å². The van der Waals surface area contributed by atoms with Crippen molar-refractivity contribution in [3.63, 3.8) is 0 Å². The van der Waals surface area contributed by atoms with Crippen LogP contribution in [0.25, 0.3) is 0 Å². The number of nitrogens with one attached hydrogen (secondary N) is 1. The molecular weight excluding hydrogens is 340 g/mol. The summed E-state index contributed by atoms with van der Waals surface area (Å²) in [5.74, 6) is 6.41. The molecule has 0 aliphatic carbocycles. The summed E-state index contributed by atoms with van der Waals surface area (Å²) in [4.78, 5) is 17.4. The van der Waals surface area contributed by atoms with Crippen LogP contribution in [0.2, 0.25) is 0 Å². The van der Waals surface area contributed by atoms with E-state index in [1.54, 1.807) is 6.20 Å². The van der Waals surface area contributed by atoms with Crippen LogP contribution in [0.5, 0.6) is 0 Å². The summed E-state index contributed by atoms with van der Waals surface area (Å²) >= 11 is 1.52. The molecule has 0 radical (unpaired) electrons. The van der Waals surface area contributed by atoms with Crippen LogP contribution >= 0.6 is 11.8 Å². The summed E-state index contributed by atoms with van der Waals surface area (Å²) in [6, 6.07) is 21.3. The molecule has 3 aromatic rings. The zero-order valence-corrected chi connectivity index (χ0v) is 15.2. The summed E-state index contributed by atoms with van der Waals surface area (Å²) < 4.78 is 0. The van der Waals surface area contributed by atoms with Crippen molar-refractivity contribution in [1.82, 2.24) is 4.98 Å². The molecule has 0 fully saturated rings. The second-order valence-corrected chi connectivity index (χ2v) is 6.74. The molecule has 1 amide bonds. The summed E-state index contributed by atoms with van der Waals surface area (Å²) in [5, 5.41) is 2.92. The van der Waals surface area contributed by atoms with Gasteiger partial charge < -0.3 is 5.32 Å². The number of pyridine rings is 1. The maximum atomic E-state index is 12.2. The van der Waals surface area contributed by atoms with Gasteiger partial charge in [0.2, 0.25) is 5.91 Å². The van der Waals surface area contributed by atoms with E-state index in [2.05, 4.69) is 22.1 Å². The molecule has 128 valence electrons. The third-order valence-electron chi connectivity index (χ3n) is 3.54. The Kier molecular flexibility index (Phi) is 6.08. The molecule has 3 rings (SSSR count). The summed E-state index contributed by atoms with van der Waals surface area (Å²) in [6.07, 6.45) is 1.71. The molecule has 26 heavy (non-hydrogen) atoms. The van der Waals surface area contributed by atoms with E-state index in [1.807, 2.05) is 73.7 Å². The fraction of sp³-hybridized carbons (Fsp3) is 0.0909. The zero-order valence-electron chi connectivity index (χ0n) is 14.4. The lowest BCUT2D eigenvalue weighted by Gasteiger charge is -2.06. The van der Waals surface area contributed by atoms with Crippen molar-refractivity contribution in [3.05, 3.63) is 89.7 Å². The highest BCUT2D eigenvalue weighted by Gasteiger charge is 2.04. The average Bonchev–Trinajstić information content (AvgIpc) is 2.67. The molecule has 0 aliphatic rings. The molecule has 0 saturated carbocycles. The third kappa shape index (κ3) is 5.51. The maximum Gasteiger partial charge on any atom is 0.234 e. The molecule has 1 heterocycles. The van der Waals surface area contributed by atoms with Crippen molar-refractivity contribution in [2.45, 2.75) is 11.8 Å². The number of carbonyl (C=O) groups is 1. The zero-order chi connectivity index (χ0) is 18.2. The number of aromatic nitrogens is 1. The highest BCUT2D eigenvalue weighted by Crippen LogP contribution is 2.19. The van der Waals surface area contributed by atoms with Crippen LogP contribution in [0.3, 0.4) is 0 Å². The molecule has 0 unspecified atom stereocenters. The van der Waals surface area contributed by atoms with E-state index in [4.69, 9.17) is 0 Å². The van der Waals surface area contributed by atoms with Gasteiger partial charge in [0, 0.05) is 22.3 Å². The van der Waals surface area contributed by atoms with Gasteiger partial charge in [0.05, 0.1) is 5.75 Å². The van der Waals surface area contributed by atoms with Crippen molar-refractivity contribution >= 4 is 23.4 Å².